The second kappa shape index (κ2) is 3.99. The number of rotatable bonds is 3. The molecular formula is C7H13N5O. The predicted octanol–water partition coefficient (Wildman–Crippen LogP) is -0.956. The maximum absolute atomic E-state index is 11.2. The van der Waals surface area contributed by atoms with Crippen molar-refractivity contribution in [3.63, 3.8) is 0 Å². The van der Waals surface area contributed by atoms with Gasteiger partial charge in [0.1, 0.15) is 12.4 Å². The Morgan fingerprint density at radius 2 is 2.54 bits per heavy atom. The molecule has 1 aromatic heterocycles. The third-order valence-electron chi connectivity index (χ3n) is 1.76. The van der Waals surface area contributed by atoms with Crippen LogP contribution in [0.15, 0.2) is 6.33 Å². The zero-order valence-electron chi connectivity index (χ0n) is 7.69. The molecule has 1 aromatic rings. The fraction of sp³-hybridized carbons (Fsp3) is 0.571. The van der Waals surface area contributed by atoms with E-state index in [1.165, 1.54) is 11.0 Å². The van der Waals surface area contributed by atoms with Crippen LogP contribution in [0.1, 0.15) is 18.8 Å². The highest BCUT2D eigenvalue weighted by Crippen LogP contribution is 2.02. The first-order valence-corrected chi connectivity index (χ1v) is 4.00. The van der Waals surface area contributed by atoms with Crippen LogP contribution in [0.25, 0.3) is 0 Å². The predicted molar refractivity (Wildman–Crippen MR) is 46.7 cm³/mol. The lowest BCUT2D eigenvalue weighted by atomic mass is 10.3. The molecule has 1 unspecified atom stereocenters. The van der Waals surface area contributed by atoms with Crippen LogP contribution in [-0.4, -0.2) is 27.7 Å². The molecule has 72 valence electrons. The number of likely N-dealkylation sites (N-methyl/N-ethyl adjacent to an activating group) is 1. The van der Waals surface area contributed by atoms with Gasteiger partial charge in [0.2, 0.25) is 5.91 Å². The minimum Gasteiger partial charge on any atom is -0.357 e. The van der Waals surface area contributed by atoms with Crippen molar-refractivity contribution in [1.82, 2.24) is 20.1 Å². The van der Waals surface area contributed by atoms with Crippen molar-refractivity contribution in [3.8, 4) is 0 Å². The van der Waals surface area contributed by atoms with Gasteiger partial charge in [0.15, 0.2) is 5.82 Å². The van der Waals surface area contributed by atoms with Crippen LogP contribution in [0.4, 0.5) is 0 Å². The van der Waals surface area contributed by atoms with Crippen LogP contribution in [0.5, 0.6) is 0 Å². The van der Waals surface area contributed by atoms with Gasteiger partial charge in [-0.05, 0) is 6.92 Å². The molecule has 6 heteroatoms. The average Bonchev–Trinajstić information content (AvgIpc) is 2.63. The number of amides is 1. The van der Waals surface area contributed by atoms with E-state index in [-0.39, 0.29) is 18.5 Å². The molecule has 1 amide bonds. The Morgan fingerprint density at radius 3 is 3.00 bits per heavy atom. The Morgan fingerprint density at radius 1 is 1.85 bits per heavy atom. The quantitative estimate of drug-likeness (QED) is 0.632. The number of hydrogen-bond acceptors (Lipinski definition) is 4. The Labute approximate surface area is 76.1 Å². The molecule has 3 N–H and O–H groups in total. The minimum absolute atomic E-state index is 0.103. The number of nitrogens with two attached hydrogens (primary N) is 1. The Hall–Kier alpha value is -1.43. The maximum Gasteiger partial charge on any atom is 0.244 e. The first-order chi connectivity index (χ1) is 6.19. The summed E-state index contributed by atoms with van der Waals surface area (Å²) in [5.41, 5.74) is 5.33. The maximum atomic E-state index is 11.2. The molecule has 0 aliphatic heterocycles. The second-order valence-electron chi connectivity index (χ2n) is 2.64. The summed E-state index contributed by atoms with van der Waals surface area (Å²) in [4.78, 5) is 15.1. The van der Waals surface area contributed by atoms with Gasteiger partial charge in [0.05, 0.1) is 6.54 Å². The Bertz CT molecular complexity index is 295. The van der Waals surface area contributed by atoms with E-state index in [2.05, 4.69) is 15.4 Å². The minimum atomic E-state index is -0.349. The SMILES string of the molecule is CNC(=O)C(C)n1cnc(CN)n1. The zero-order chi connectivity index (χ0) is 9.84. The summed E-state index contributed by atoms with van der Waals surface area (Å²) < 4.78 is 1.49. The lowest BCUT2D eigenvalue weighted by Gasteiger charge is -2.08. The van der Waals surface area contributed by atoms with Gasteiger partial charge in [-0.2, -0.15) is 5.10 Å². The molecule has 0 radical (unpaired) electrons. The van der Waals surface area contributed by atoms with Crippen molar-refractivity contribution in [1.29, 1.82) is 0 Å². The summed E-state index contributed by atoms with van der Waals surface area (Å²) in [5.74, 6) is 0.434. The van der Waals surface area contributed by atoms with Crippen molar-refractivity contribution in [2.45, 2.75) is 19.5 Å². The van der Waals surface area contributed by atoms with Crippen molar-refractivity contribution < 1.29 is 4.79 Å². The van der Waals surface area contributed by atoms with Gasteiger partial charge < -0.3 is 11.1 Å². The van der Waals surface area contributed by atoms with Crippen LogP contribution >= 0.6 is 0 Å². The Kier molecular flexibility index (Phi) is 2.97. The van der Waals surface area contributed by atoms with Crippen molar-refractivity contribution in [3.05, 3.63) is 12.2 Å². The molecule has 1 heterocycles. The second-order valence-corrected chi connectivity index (χ2v) is 2.64. The normalized spacial score (nSPS) is 12.5. The summed E-state index contributed by atoms with van der Waals surface area (Å²) in [6.45, 7) is 2.03. The summed E-state index contributed by atoms with van der Waals surface area (Å²) in [6, 6.07) is -0.349. The van der Waals surface area contributed by atoms with Gasteiger partial charge in [-0.25, -0.2) is 9.67 Å². The number of nitrogens with one attached hydrogen (secondary N) is 1. The van der Waals surface area contributed by atoms with Gasteiger partial charge >= 0.3 is 0 Å². The highest BCUT2D eigenvalue weighted by atomic mass is 16.2. The first kappa shape index (κ1) is 9.66. The average molecular weight is 183 g/mol. The van der Waals surface area contributed by atoms with Gasteiger partial charge in [-0.1, -0.05) is 0 Å². The van der Waals surface area contributed by atoms with E-state index in [4.69, 9.17) is 5.73 Å². The lowest BCUT2D eigenvalue weighted by molar-refractivity contribution is -0.123. The van der Waals surface area contributed by atoms with Crippen LogP contribution in [0.2, 0.25) is 0 Å². The third kappa shape index (κ3) is 2.03. The molecule has 0 spiro atoms. The van der Waals surface area contributed by atoms with Gasteiger partial charge in [-0.15, -0.1) is 0 Å². The van der Waals surface area contributed by atoms with E-state index < -0.39 is 0 Å². The van der Waals surface area contributed by atoms with Gasteiger partial charge in [-0.3, -0.25) is 4.79 Å². The number of carbonyl (C=O) groups excluding carboxylic acids is 1. The van der Waals surface area contributed by atoms with Crippen molar-refractivity contribution in [2.75, 3.05) is 7.05 Å². The van der Waals surface area contributed by atoms with Crippen LogP contribution in [-0.2, 0) is 11.3 Å². The van der Waals surface area contributed by atoms with Crippen molar-refractivity contribution in [2.24, 2.45) is 5.73 Å². The summed E-state index contributed by atoms with van der Waals surface area (Å²) in [6.07, 6.45) is 1.50. The summed E-state index contributed by atoms with van der Waals surface area (Å²) in [5, 5.41) is 6.55. The summed E-state index contributed by atoms with van der Waals surface area (Å²) in [7, 11) is 1.58. The largest absolute Gasteiger partial charge is 0.357 e. The van der Waals surface area contributed by atoms with E-state index in [0.717, 1.165) is 0 Å². The number of aromatic nitrogens is 3. The lowest BCUT2D eigenvalue weighted by Crippen LogP contribution is -2.28. The highest BCUT2D eigenvalue weighted by Gasteiger charge is 2.14. The first-order valence-electron chi connectivity index (χ1n) is 4.00. The smallest absolute Gasteiger partial charge is 0.244 e. The fourth-order valence-electron chi connectivity index (χ4n) is 0.920. The molecule has 0 aliphatic carbocycles. The van der Waals surface area contributed by atoms with E-state index in [9.17, 15) is 4.79 Å². The summed E-state index contributed by atoms with van der Waals surface area (Å²) >= 11 is 0. The number of nitrogens with zero attached hydrogens (tertiary/aromatic N) is 3. The zero-order valence-corrected chi connectivity index (χ0v) is 7.69. The molecule has 1 atom stereocenters. The third-order valence-corrected chi connectivity index (χ3v) is 1.76. The topological polar surface area (TPSA) is 85.8 Å². The number of hydrogen-bond donors (Lipinski definition) is 2. The van der Waals surface area contributed by atoms with E-state index >= 15 is 0 Å². The standard InChI is InChI=1S/C7H13N5O/c1-5(7(13)9-2)12-4-10-6(3-8)11-12/h4-5H,3,8H2,1-2H3,(H,9,13). The molecule has 13 heavy (non-hydrogen) atoms. The van der Waals surface area contributed by atoms with E-state index in [0.29, 0.717) is 5.82 Å². The van der Waals surface area contributed by atoms with Crippen molar-refractivity contribution >= 4 is 5.91 Å². The molecule has 0 aliphatic rings. The highest BCUT2D eigenvalue weighted by molar-refractivity contribution is 5.79. The van der Waals surface area contributed by atoms with Crippen LogP contribution in [0.3, 0.4) is 0 Å². The molecule has 0 saturated carbocycles. The molecule has 6 nitrogen and oxygen atoms in total. The van der Waals surface area contributed by atoms with Crippen LogP contribution < -0.4 is 11.1 Å². The Balaban J connectivity index is 2.76. The van der Waals surface area contributed by atoms with E-state index in [1.807, 2.05) is 0 Å². The monoisotopic (exact) mass is 183 g/mol. The van der Waals surface area contributed by atoms with Gasteiger partial charge in [0, 0.05) is 7.05 Å². The molecule has 0 fully saturated rings. The molecule has 0 bridgehead atoms. The molecule has 1 rings (SSSR count). The molecular weight excluding hydrogens is 170 g/mol. The number of carbonyl (C=O) groups is 1. The van der Waals surface area contributed by atoms with Gasteiger partial charge in [0.25, 0.3) is 0 Å². The molecule has 0 aromatic carbocycles. The van der Waals surface area contributed by atoms with E-state index in [1.54, 1.807) is 14.0 Å². The fourth-order valence-corrected chi connectivity index (χ4v) is 0.920. The van der Waals surface area contributed by atoms with Crippen LogP contribution in [0, 0.1) is 0 Å². The molecule has 0 saturated heterocycles.